The van der Waals surface area contributed by atoms with E-state index < -0.39 is 0 Å². The van der Waals surface area contributed by atoms with E-state index in [0.717, 1.165) is 31.8 Å². The Morgan fingerprint density at radius 1 is 1.03 bits per heavy atom. The number of benzene rings is 3. The zero-order valence-electron chi connectivity index (χ0n) is 18.9. The molecule has 0 radical (unpaired) electrons. The van der Waals surface area contributed by atoms with Crippen LogP contribution in [0.25, 0.3) is 16.8 Å². The molecule has 0 aromatic heterocycles. The predicted octanol–water partition coefficient (Wildman–Crippen LogP) is 6.10. The molecule has 176 valence electrons. The van der Waals surface area contributed by atoms with E-state index in [-0.39, 0.29) is 17.7 Å². The summed E-state index contributed by atoms with van der Waals surface area (Å²) in [5, 5.41) is 2.06. The van der Waals surface area contributed by atoms with Gasteiger partial charge >= 0.3 is 0 Å². The number of carbonyl (C=O) groups is 2. The summed E-state index contributed by atoms with van der Waals surface area (Å²) in [6, 6.07) is 18.2. The standard InChI is InChI=1S/C26H24INO5S/c1-3-32-22-14-18(15-23-25(29)28(10-11-31-2)26(30)34-23)13-21(27)24(22)33-16-17-8-9-19-6-4-5-7-20(19)12-17/h4-9,12-15H,3,10-11,16H2,1-2H3/b23-15+. The van der Waals surface area contributed by atoms with Gasteiger partial charge in [-0.15, -0.1) is 0 Å². The number of fused-ring (bicyclic) bond motifs is 1. The Hall–Kier alpha value is -2.56. The highest BCUT2D eigenvalue weighted by molar-refractivity contribution is 14.1. The Morgan fingerprint density at radius 2 is 1.82 bits per heavy atom. The van der Waals surface area contributed by atoms with Crippen LogP contribution >= 0.6 is 34.4 Å². The van der Waals surface area contributed by atoms with Gasteiger partial charge in [0, 0.05) is 7.11 Å². The summed E-state index contributed by atoms with van der Waals surface area (Å²) < 4.78 is 17.9. The van der Waals surface area contributed by atoms with E-state index in [1.165, 1.54) is 17.4 Å². The first-order chi connectivity index (χ1) is 16.5. The number of nitrogens with zero attached hydrogens (tertiary/aromatic N) is 1. The number of imide groups is 1. The van der Waals surface area contributed by atoms with Crippen molar-refractivity contribution in [1.29, 1.82) is 0 Å². The van der Waals surface area contributed by atoms with E-state index in [2.05, 4.69) is 52.9 Å². The lowest BCUT2D eigenvalue weighted by Gasteiger charge is -2.15. The molecule has 1 heterocycles. The quantitative estimate of drug-likeness (QED) is 0.222. The van der Waals surface area contributed by atoms with Gasteiger partial charge in [-0.2, -0.15) is 0 Å². The minimum atomic E-state index is -0.309. The fourth-order valence-electron chi connectivity index (χ4n) is 3.59. The molecule has 1 aliphatic heterocycles. The average molecular weight is 589 g/mol. The molecule has 0 atom stereocenters. The van der Waals surface area contributed by atoms with Gasteiger partial charge in [0.05, 0.1) is 28.2 Å². The molecule has 3 aromatic rings. The van der Waals surface area contributed by atoms with Crippen LogP contribution in [0.3, 0.4) is 0 Å². The van der Waals surface area contributed by atoms with E-state index in [1.807, 2.05) is 31.2 Å². The molecule has 8 heteroatoms. The van der Waals surface area contributed by atoms with Gasteiger partial charge in [-0.3, -0.25) is 14.5 Å². The Bertz CT molecular complexity index is 1260. The molecule has 3 aromatic carbocycles. The van der Waals surface area contributed by atoms with Crippen LogP contribution in [-0.2, 0) is 16.1 Å². The number of methoxy groups -OCH3 is 1. The molecule has 34 heavy (non-hydrogen) atoms. The minimum Gasteiger partial charge on any atom is -0.490 e. The number of halogens is 1. The smallest absolute Gasteiger partial charge is 0.293 e. The van der Waals surface area contributed by atoms with Crippen LogP contribution < -0.4 is 9.47 Å². The van der Waals surface area contributed by atoms with Gasteiger partial charge in [0.2, 0.25) is 0 Å². The molecular formula is C26H24INO5S. The summed E-state index contributed by atoms with van der Waals surface area (Å²) in [4.78, 5) is 26.4. The second-order valence-corrected chi connectivity index (χ2v) is 9.71. The van der Waals surface area contributed by atoms with Gasteiger partial charge in [0.1, 0.15) is 6.61 Å². The van der Waals surface area contributed by atoms with Crippen LogP contribution in [0.5, 0.6) is 11.5 Å². The molecule has 1 aliphatic rings. The van der Waals surface area contributed by atoms with Crippen LogP contribution in [0, 0.1) is 3.57 Å². The Balaban J connectivity index is 1.56. The van der Waals surface area contributed by atoms with Crippen molar-refractivity contribution in [1.82, 2.24) is 4.90 Å². The summed E-state index contributed by atoms with van der Waals surface area (Å²) in [5.74, 6) is 0.942. The van der Waals surface area contributed by atoms with E-state index in [4.69, 9.17) is 14.2 Å². The van der Waals surface area contributed by atoms with Crippen LogP contribution in [0.15, 0.2) is 59.5 Å². The number of rotatable bonds is 9. The van der Waals surface area contributed by atoms with Crippen molar-refractivity contribution >= 4 is 62.3 Å². The Kier molecular flexibility index (Phi) is 8.12. The largest absolute Gasteiger partial charge is 0.490 e. The molecule has 0 unspecified atom stereocenters. The van der Waals surface area contributed by atoms with Gasteiger partial charge in [-0.1, -0.05) is 36.4 Å². The van der Waals surface area contributed by atoms with Crippen molar-refractivity contribution in [2.24, 2.45) is 0 Å². The minimum absolute atomic E-state index is 0.238. The van der Waals surface area contributed by atoms with Gasteiger partial charge in [-0.05, 0) is 87.5 Å². The highest BCUT2D eigenvalue weighted by Crippen LogP contribution is 2.38. The lowest BCUT2D eigenvalue weighted by atomic mass is 10.1. The molecule has 6 nitrogen and oxygen atoms in total. The number of hydrogen-bond acceptors (Lipinski definition) is 6. The third-order valence-electron chi connectivity index (χ3n) is 5.22. The van der Waals surface area contributed by atoms with Gasteiger partial charge < -0.3 is 14.2 Å². The maximum Gasteiger partial charge on any atom is 0.293 e. The predicted molar refractivity (Wildman–Crippen MR) is 143 cm³/mol. The fraction of sp³-hybridized carbons (Fsp3) is 0.231. The summed E-state index contributed by atoms with van der Waals surface area (Å²) in [5.41, 5.74) is 1.83. The number of ether oxygens (including phenoxy) is 3. The number of carbonyl (C=O) groups excluding carboxylic acids is 2. The average Bonchev–Trinajstić information content (AvgIpc) is 3.09. The monoisotopic (exact) mass is 589 g/mol. The second kappa shape index (κ2) is 11.2. The molecule has 0 N–H and O–H groups in total. The number of hydrogen-bond donors (Lipinski definition) is 0. The van der Waals surface area contributed by atoms with Crippen molar-refractivity contribution < 1.29 is 23.8 Å². The lowest BCUT2D eigenvalue weighted by molar-refractivity contribution is -0.123. The molecule has 4 rings (SSSR count). The molecular weight excluding hydrogens is 565 g/mol. The Labute approximate surface area is 216 Å². The summed E-state index contributed by atoms with van der Waals surface area (Å²) >= 11 is 3.14. The normalized spacial score (nSPS) is 14.9. The van der Waals surface area contributed by atoms with Crippen LogP contribution in [0.2, 0.25) is 0 Å². The summed E-state index contributed by atoms with van der Waals surface area (Å²) in [6.07, 6.45) is 1.72. The van der Waals surface area contributed by atoms with Crippen molar-refractivity contribution in [3.63, 3.8) is 0 Å². The topological polar surface area (TPSA) is 65.1 Å². The Morgan fingerprint density at radius 3 is 2.59 bits per heavy atom. The lowest BCUT2D eigenvalue weighted by Crippen LogP contribution is -2.31. The molecule has 1 saturated heterocycles. The molecule has 0 spiro atoms. The molecule has 0 aliphatic carbocycles. The highest BCUT2D eigenvalue weighted by Gasteiger charge is 2.34. The SMILES string of the molecule is CCOc1cc(/C=C2/SC(=O)N(CCOC)C2=O)cc(I)c1OCc1ccc2ccccc2c1. The van der Waals surface area contributed by atoms with E-state index in [1.54, 1.807) is 6.08 Å². The maximum atomic E-state index is 12.6. The van der Waals surface area contributed by atoms with Gasteiger partial charge in [-0.25, -0.2) is 0 Å². The third kappa shape index (κ3) is 5.56. The summed E-state index contributed by atoms with van der Waals surface area (Å²) in [6.45, 7) is 3.33. The first-order valence-corrected chi connectivity index (χ1v) is 12.7. The third-order valence-corrected chi connectivity index (χ3v) is 6.93. The van der Waals surface area contributed by atoms with Crippen LogP contribution in [0.1, 0.15) is 18.1 Å². The van der Waals surface area contributed by atoms with Crippen molar-refractivity contribution in [3.05, 3.63) is 74.2 Å². The zero-order valence-corrected chi connectivity index (χ0v) is 21.9. The number of amides is 2. The van der Waals surface area contributed by atoms with Crippen molar-refractivity contribution in [3.8, 4) is 11.5 Å². The zero-order chi connectivity index (χ0) is 24.1. The fourth-order valence-corrected chi connectivity index (χ4v) is 5.23. The molecule has 2 amide bonds. The molecule has 0 saturated carbocycles. The van der Waals surface area contributed by atoms with E-state index in [9.17, 15) is 9.59 Å². The van der Waals surface area contributed by atoms with Crippen LogP contribution in [0.4, 0.5) is 4.79 Å². The van der Waals surface area contributed by atoms with Gasteiger partial charge in [0.25, 0.3) is 11.1 Å². The first kappa shape index (κ1) is 24.6. The maximum absolute atomic E-state index is 12.6. The second-order valence-electron chi connectivity index (χ2n) is 7.56. The number of thioether (sulfide) groups is 1. The van der Waals surface area contributed by atoms with Crippen molar-refractivity contribution in [2.75, 3.05) is 26.9 Å². The van der Waals surface area contributed by atoms with Crippen LogP contribution in [-0.4, -0.2) is 42.9 Å². The first-order valence-electron chi connectivity index (χ1n) is 10.8. The van der Waals surface area contributed by atoms with Gasteiger partial charge in [0.15, 0.2) is 11.5 Å². The van der Waals surface area contributed by atoms with E-state index >= 15 is 0 Å². The molecule has 0 bridgehead atoms. The molecule has 1 fully saturated rings. The highest BCUT2D eigenvalue weighted by atomic mass is 127. The summed E-state index contributed by atoms with van der Waals surface area (Å²) in [7, 11) is 1.54. The van der Waals surface area contributed by atoms with Crippen molar-refractivity contribution in [2.45, 2.75) is 13.5 Å². The van der Waals surface area contributed by atoms with E-state index in [0.29, 0.717) is 36.2 Å².